The third kappa shape index (κ3) is 12.8. The van der Waals surface area contributed by atoms with Crippen molar-refractivity contribution in [1.29, 1.82) is 5.41 Å². The second-order valence-corrected chi connectivity index (χ2v) is 2.73. The Morgan fingerprint density at radius 3 is 2.27 bits per heavy atom. The van der Waals surface area contributed by atoms with E-state index in [-0.39, 0.29) is 20.1 Å². The largest absolute Gasteiger partial charge is 0.412 e. The maximum atomic E-state index is 6.17. The molecule has 0 amide bonds. The van der Waals surface area contributed by atoms with Gasteiger partial charge in [-0.1, -0.05) is 25.1 Å². The Kier molecular flexibility index (Phi) is 9.49. The molecule has 3 N–H and O–H groups in total. The second kappa shape index (κ2) is 7.83. The van der Waals surface area contributed by atoms with Crippen molar-refractivity contribution in [3.63, 3.8) is 0 Å². The number of hydrogen-bond donors (Lipinski definition) is 2. The van der Waals surface area contributed by atoms with E-state index in [2.05, 4.69) is 26.0 Å². The van der Waals surface area contributed by atoms with Crippen LogP contribution >= 0.6 is 0 Å². The van der Waals surface area contributed by atoms with Gasteiger partial charge in [-0.2, -0.15) is 12.8 Å². The van der Waals surface area contributed by atoms with E-state index in [0.717, 1.165) is 5.92 Å². The fraction of sp³-hybridized carbons (Fsp3) is 0.625. The van der Waals surface area contributed by atoms with Gasteiger partial charge in [0.15, 0.2) is 0 Å². The minimum Gasteiger partial charge on any atom is -0.412 e. The molecule has 1 saturated carbocycles. The summed E-state index contributed by atoms with van der Waals surface area (Å²) in [5, 5.41) is 6.17. The van der Waals surface area contributed by atoms with Crippen molar-refractivity contribution in [3.05, 3.63) is 13.3 Å². The van der Waals surface area contributed by atoms with Crippen LogP contribution in [0.25, 0.3) is 0 Å². The third-order valence-corrected chi connectivity index (χ3v) is 1.43. The molecular weight excluding hydrogens is 367 g/mol. The molecule has 0 bridgehead atoms. The molecule has 1 fully saturated rings. The molecule has 0 aromatic carbocycles. The maximum Gasteiger partial charge on any atom is 0 e. The van der Waals surface area contributed by atoms with Crippen molar-refractivity contribution in [2.75, 3.05) is 0 Å². The number of rotatable bonds is 0. The predicted molar refractivity (Wildman–Crippen MR) is 44.6 cm³/mol. The van der Waals surface area contributed by atoms with Gasteiger partial charge in [0.05, 0.1) is 0 Å². The van der Waals surface area contributed by atoms with E-state index < -0.39 is 0 Å². The van der Waals surface area contributed by atoms with E-state index in [9.17, 15) is 0 Å². The smallest absolute Gasteiger partial charge is 0 e. The zero-order valence-corrected chi connectivity index (χ0v) is 10.1. The first-order valence-corrected chi connectivity index (χ1v) is 3.60. The van der Waals surface area contributed by atoms with Crippen molar-refractivity contribution >= 4 is 5.84 Å². The zero-order chi connectivity index (χ0) is 7.98. The Hall–Kier alpha value is -0.270. The molecule has 0 heterocycles. The average molecular weight is 383 g/mol. The zero-order valence-electron chi connectivity index (χ0n) is 6.94. The van der Waals surface area contributed by atoms with Crippen LogP contribution in [0.1, 0.15) is 26.2 Å². The van der Waals surface area contributed by atoms with Gasteiger partial charge in [-0.25, -0.2) is 0 Å². The number of nitrogens with one attached hydrogen (secondary N) is 1. The fourth-order valence-corrected chi connectivity index (χ4v) is 0.923. The van der Waals surface area contributed by atoms with Gasteiger partial charge in [0, 0.05) is 14.3 Å². The van der Waals surface area contributed by atoms with Crippen LogP contribution in [0.2, 0.25) is 0 Å². The monoisotopic (exact) mass is 381 g/mol. The minimum absolute atomic E-state index is 0. The molecule has 0 aromatic rings. The van der Waals surface area contributed by atoms with Gasteiger partial charge in [-0.3, -0.25) is 0 Å². The van der Waals surface area contributed by atoms with E-state index in [1.165, 1.54) is 19.3 Å². The van der Waals surface area contributed by atoms with Crippen LogP contribution in [0.3, 0.4) is 0 Å². The van der Waals surface area contributed by atoms with Crippen molar-refractivity contribution < 1.29 is 14.3 Å². The SMILES string of the molecule is CC1C[CH-]CC1.[Am].[CH2-]C(=N)N. The van der Waals surface area contributed by atoms with Crippen molar-refractivity contribution in [2.45, 2.75) is 26.2 Å². The third-order valence-electron chi connectivity index (χ3n) is 1.43. The Bertz CT molecular complexity index is 94.3. The van der Waals surface area contributed by atoms with Crippen LogP contribution in [0.4, 0.5) is 0 Å². The number of hydrogen-bond acceptors (Lipinski definition) is 1. The predicted octanol–water partition coefficient (Wildman–Crippen LogP) is 1.77. The summed E-state index contributed by atoms with van der Waals surface area (Å²) in [6.45, 7) is 5.31. The maximum absolute atomic E-state index is 6.17. The summed E-state index contributed by atoms with van der Waals surface area (Å²) in [4.78, 5) is 0. The first-order valence-electron chi connectivity index (χ1n) is 3.60. The van der Waals surface area contributed by atoms with Gasteiger partial charge in [0.2, 0.25) is 0 Å². The van der Waals surface area contributed by atoms with Gasteiger partial charge < -0.3 is 24.5 Å². The van der Waals surface area contributed by atoms with Gasteiger partial charge in [-0.05, 0) is 0 Å². The van der Waals surface area contributed by atoms with Crippen molar-refractivity contribution in [2.24, 2.45) is 11.7 Å². The minimum atomic E-state index is -0.0833. The summed E-state index contributed by atoms with van der Waals surface area (Å²) >= 11 is 0. The molecule has 3 heteroatoms. The quantitative estimate of drug-likeness (QED) is 0.374. The molecule has 11 heavy (non-hydrogen) atoms. The molecule has 1 aliphatic rings. The topological polar surface area (TPSA) is 49.9 Å². The van der Waals surface area contributed by atoms with Crippen LogP contribution in [0, 0.1) is 39.0 Å². The Balaban J connectivity index is 0. The molecule has 67 valence electrons. The van der Waals surface area contributed by atoms with Crippen LogP contribution < -0.4 is 5.73 Å². The molecule has 1 rings (SSSR count). The summed E-state index contributed by atoms with van der Waals surface area (Å²) in [7, 11) is 0. The summed E-state index contributed by atoms with van der Waals surface area (Å²) < 4.78 is 0. The molecule has 1 atom stereocenters. The van der Waals surface area contributed by atoms with Gasteiger partial charge >= 0.3 is 0 Å². The molecule has 1 unspecified atom stereocenters. The summed E-state index contributed by atoms with van der Waals surface area (Å²) in [5.74, 6) is 0.907. The Labute approximate surface area is 77.3 Å². The molecule has 2 nitrogen and oxygen atoms in total. The number of amidine groups is 1. The van der Waals surface area contributed by atoms with Crippen LogP contribution in [0.15, 0.2) is 0 Å². The average Bonchev–Trinajstić information content (AvgIpc) is 2.15. The van der Waals surface area contributed by atoms with Gasteiger partial charge in [0.1, 0.15) is 0 Å². The summed E-state index contributed by atoms with van der Waals surface area (Å²) in [5.41, 5.74) is 4.58. The second-order valence-electron chi connectivity index (χ2n) is 2.73. The standard InChI is InChI=1S/C6H11.C2H5N2.Am/c1-6-4-2-3-5-6;1-2(3)4;/h2,6H,3-5H2,1H3;1H2,(H3,3,4);/q2*-1;. The molecule has 0 spiro atoms. The van der Waals surface area contributed by atoms with E-state index in [1.807, 2.05) is 0 Å². The molecular formula is C8H16AmN2-2. The number of nitrogens with two attached hydrogens (primary N) is 1. The van der Waals surface area contributed by atoms with Crippen molar-refractivity contribution in [3.8, 4) is 0 Å². The van der Waals surface area contributed by atoms with E-state index in [4.69, 9.17) is 5.41 Å². The molecule has 0 saturated heterocycles. The van der Waals surface area contributed by atoms with Crippen LogP contribution in [-0.2, 0) is 0 Å². The normalized spacial score (nSPS) is 21.0. The van der Waals surface area contributed by atoms with Crippen molar-refractivity contribution in [1.82, 2.24) is 0 Å². The first kappa shape index (κ1) is 13.3. The van der Waals surface area contributed by atoms with Gasteiger partial charge in [0.25, 0.3) is 0 Å². The van der Waals surface area contributed by atoms with E-state index in [0.29, 0.717) is 0 Å². The Morgan fingerprint density at radius 2 is 2.18 bits per heavy atom. The summed E-state index contributed by atoms with van der Waals surface area (Å²) in [6.07, 6.45) is 6.53. The van der Waals surface area contributed by atoms with Gasteiger partial charge in [-0.15, -0.1) is 0 Å². The van der Waals surface area contributed by atoms with E-state index >= 15 is 0 Å². The molecule has 1 aliphatic carbocycles. The van der Waals surface area contributed by atoms with Crippen LogP contribution in [-0.4, -0.2) is 5.84 Å². The first-order chi connectivity index (χ1) is 4.63. The summed E-state index contributed by atoms with van der Waals surface area (Å²) in [6, 6.07) is 0. The van der Waals surface area contributed by atoms with Crippen LogP contribution in [0.5, 0.6) is 0 Å². The molecule has 1 radical (unpaired) electrons. The molecule has 0 aliphatic heterocycles. The van der Waals surface area contributed by atoms with E-state index in [1.54, 1.807) is 0 Å². The Morgan fingerprint density at radius 1 is 1.73 bits per heavy atom. The molecule has 0 aromatic heterocycles. The fourth-order valence-electron chi connectivity index (χ4n) is 0.923.